The predicted octanol–water partition coefficient (Wildman–Crippen LogP) is 0.218. The zero-order valence-electron chi connectivity index (χ0n) is 6.21. The molecule has 0 unspecified atom stereocenters. The third kappa shape index (κ3) is 2.84. The van der Waals surface area contributed by atoms with Crippen molar-refractivity contribution in [3.8, 4) is 0 Å². The van der Waals surface area contributed by atoms with Crippen molar-refractivity contribution in [2.75, 3.05) is 0 Å². The molecule has 0 aliphatic heterocycles. The topological polar surface area (TPSA) is 71.8 Å². The molecule has 0 spiro atoms. The standard InChI is InChI=1S/C7H11N3O/c8-7(11)3-1-2-6-4-5-9-10-6/h4-5H,1-3H2,(H2,8,11)(H,9,10). The van der Waals surface area contributed by atoms with Gasteiger partial charge in [0, 0.05) is 18.3 Å². The quantitative estimate of drug-likeness (QED) is 0.649. The Bertz CT molecular complexity index is 218. The Labute approximate surface area is 64.8 Å². The number of hydrogen-bond donors (Lipinski definition) is 2. The first kappa shape index (κ1) is 7.78. The highest BCUT2D eigenvalue weighted by molar-refractivity contribution is 5.73. The molecule has 0 saturated heterocycles. The second-order valence-electron chi connectivity index (χ2n) is 2.40. The van der Waals surface area contributed by atoms with E-state index < -0.39 is 0 Å². The number of carbonyl (C=O) groups is 1. The highest BCUT2D eigenvalue weighted by Gasteiger charge is 1.96. The lowest BCUT2D eigenvalue weighted by Crippen LogP contribution is -2.10. The summed E-state index contributed by atoms with van der Waals surface area (Å²) in [7, 11) is 0. The number of hydrogen-bond acceptors (Lipinski definition) is 2. The maximum Gasteiger partial charge on any atom is 0.217 e. The molecule has 0 bridgehead atoms. The molecule has 1 amide bonds. The van der Waals surface area contributed by atoms with Crippen molar-refractivity contribution in [3.05, 3.63) is 18.0 Å². The summed E-state index contributed by atoms with van der Waals surface area (Å²) in [5, 5.41) is 6.59. The molecule has 1 heterocycles. The fourth-order valence-corrected chi connectivity index (χ4v) is 0.877. The average Bonchev–Trinajstić information content (AvgIpc) is 2.39. The van der Waals surface area contributed by atoms with E-state index in [-0.39, 0.29) is 5.91 Å². The van der Waals surface area contributed by atoms with Crippen LogP contribution in [0.2, 0.25) is 0 Å². The maximum atomic E-state index is 10.3. The van der Waals surface area contributed by atoms with Gasteiger partial charge in [-0.15, -0.1) is 0 Å². The molecule has 11 heavy (non-hydrogen) atoms. The molecule has 0 aliphatic rings. The van der Waals surface area contributed by atoms with Crippen molar-refractivity contribution in [1.82, 2.24) is 10.2 Å². The lowest BCUT2D eigenvalue weighted by atomic mass is 10.2. The fourth-order valence-electron chi connectivity index (χ4n) is 0.877. The predicted molar refractivity (Wildman–Crippen MR) is 40.7 cm³/mol. The van der Waals surface area contributed by atoms with Gasteiger partial charge in [0.15, 0.2) is 0 Å². The van der Waals surface area contributed by atoms with Crippen molar-refractivity contribution in [1.29, 1.82) is 0 Å². The van der Waals surface area contributed by atoms with Crippen LogP contribution in [0, 0.1) is 0 Å². The van der Waals surface area contributed by atoms with Gasteiger partial charge in [0.05, 0.1) is 0 Å². The van der Waals surface area contributed by atoms with Crippen molar-refractivity contribution in [3.63, 3.8) is 0 Å². The van der Waals surface area contributed by atoms with Crippen LogP contribution in [0.3, 0.4) is 0 Å². The maximum absolute atomic E-state index is 10.3. The molecule has 0 radical (unpaired) electrons. The van der Waals surface area contributed by atoms with E-state index >= 15 is 0 Å². The summed E-state index contributed by atoms with van der Waals surface area (Å²) in [6.45, 7) is 0. The summed E-state index contributed by atoms with van der Waals surface area (Å²) >= 11 is 0. The first-order valence-electron chi connectivity index (χ1n) is 3.55. The van der Waals surface area contributed by atoms with E-state index in [0.29, 0.717) is 6.42 Å². The van der Waals surface area contributed by atoms with Gasteiger partial charge in [-0.2, -0.15) is 5.10 Å². The van der Waals surface area contributed by atoms with E-state index in [1.54, 1.807) is 6.20 Å². The summed E-state index contributed by atoms with van der Waals surface area (Å²) in [5.41, 5.74) is 6.01. The minimum absolute atomic E-state index is 0.246. The number of aryl methyl sites for hydroxylation is 1. The number of primary amides is 1. The molecule has 60 valence electrons. The third-order valence-electron chi connectivity index (χ3n) is 1.43. The van der Waals surface area contributed by atoms with Crippen LogP contribution in [0.15, 0.2) is 12.3 Å². The van der Waals surface area contributed by atoms with Gasteiger partial charge in [-0.25, -0.2) is 0 Å². The van der Waals surface area contributed by atoms with E-state index in [1.165, 1.54) is 0 Å². The van der Waals surface area contributed by atoms with Crippen LogP contribution < -0.4 is 5.73 Å². The Morgan fingerprint density at radius 3 is 3.09 bits per heavy atom. The van der Waals surface area contributed by atoms with Gasteiger partial charge in [0.1, 0.15) is 0 Å². The monoisotopic (exact) mass is 153 g/mol. The fraction of sp³-hybridized carbons (Fsp3) is 0.429. The van der Waals surface area contributed by atoms with E-state index in [2.05, 4.69) is 10.2 Å². The Morgan fingerprint density at radius 1 is 1.73 bits per heavy atom. The molecular weight excluding hydrogens is 142 g/mol. The van der Waals surface area contributed by atoms with E-state index in [1.807, 2.05) is 6.07 Å². The van der Waals surface area contributed by atoms with Crippen molar-refractivity contribution < 1.29 is 4.79 Å². The number of nitrogens with zero attached hydrogens (tertiary/aromatic N) is 1. The van der Waals surface area contributed by atoms with Gasteiger partial charge in [0.2, 0.25) is 5.91 Å². The molecule has 0 aromatic carbocycles. The van der Waals surface area contributed by atoms with Gasteiger partial charge in [-0.05, 0) is 18.9 Å². The Balaban J connectivity index is 2.19. The lowest BCUT2D eigenvalue weighted by Gasteiger charge is -1.93. The van der Waals surface area contributed by atoms with Gasteiger partial charge < -0.3 is 5.73 Å². The first-order valence-corrected chi connectivity index (χ1v) is 3.55. The Morgan fingerprint density at radius 2 is 2.55 bits per heavy atom. The average molecular weight is 153 g/mol. The number of nitrogens with one attached hydrogen (secondary N) is 1. The molecular formula is C7H11N3O. The number of carbonyl (C=O) groups excluding carboxylic acids is 1. The number of aromatic amines is 1. The highest BCUT2D eigenvalue weighted by atomic mass is 16.1. The number of H-pyrrole nitrogens is 1. The summed E-state index contributed by atoms with van der Waals surface area (Å²) in [5.74, 6) is -0.246. The van der Waals surface area contributed by atoms with Crippen LogP contribution in [-0.2, 0) is 11.2 Å². The molecule has 4 heteroatoms. The molecule has 0 saturated carbocycles. The number of amides is 1. The summed E-state index contributed by atoms with van der Waals surface area (Å²) in [6, 6.07) is 1.89. The van der Waals surface area contributed by atoms with Crippen LogP contribution in [-0.4, -0.2) is 16.1 Å². The van der Waals surface area contributed by atoms with Gasteiger partial charge in [-0.3, -0.25) is 9.89 Å². The third-order valence-corrected chi connectivity index (χ3v) is 1.43. The van der Waals surface area contributed by atoms with E-state index in [4.69, 9.17) is 5.73 Å². The Hall–Kier alpha value is -1.32. The number of rotatable bonds is 4. The normalized spacial score (nSPS) is 9.82. The lowest BCUT2D eigenvalue weighted by molar-refractivity contribution is -0.118. The summed E-state index contributed by atoms with van der Waals surface area (Å²) in [4.78, 5) is 10.3. The van der Waals surface area contributed by atoms with Crippen molar-refractivity contribution >= 4 is 5.91 Å². The summed E-state index contributed by atoms with van der Waals surface area (Å²) in [6.07, 6.45) is 3.76. The van der Waals surface area contributed by atoms with Crippen LogP contribution in [0.5, 0.6) is 0 Å². The van der Waals surface area contributed by atoms with E-state index in [0.717, 1.165) is 18.5 Å². The number of aromatic nitrogens is 2. The minimum Gasteiger partial charge on any atom is -0.370 e. The minimum atomic E-state index is -0.246. The molecule has 0 fully saturated rings. The van der Waals surface area contributed by atoms with Crippen molar-refractivity contribution in [2.45, 2.75) is 19.3 Å². The van der Waals surface area contributed by atoms with Crippen LogP contribution in [0.25, 0.3) is 0 Å². The molecule has 0 aliphatic carbocycles. The second kappa shape index (κ2) is 3.75. The molecule has 1 aromatic heterocycles. The van der Waals surface area contributed by atoms with E-state index in [9.17, 15) is 4.79 Å². The zero-order valence-corrected chi connectivity index (χ0v) is 6.21. The molecule has 4 nitrogen and oxygen atoms in total. The van der Waals surface area contributed by atoms with Crippen LogP contribution in [0.1, 0.15) is 18.5 Å². The summed E-state index contributed by atoms with van der Waals surface area (Å²) < 4.78 is 0. The molecule has 1 rings (SSSR count). The van der Waals surface area contributed by atoms with Crippen molar-refractivity contribution in [2.24, 2.45) is 5.73 Å². The van der Waals surface area contributed by atoms with Gasteiger partial charge in [0.25, 0.3) is 0 Å². The number of nitrogens with two attached hydrogens (primary N) is 1. The smallest absolute Gasteiger partial charge is 0.217 e. The zero-order chi connectivity index (χ0) is 8.10. The highest BCUT2D eigenvalue weighted by Crippen LogP contribution is 1.99. The van der Waals surface area contributed by atoms with Gasteiger partial charge >= 0.3 is 0 Å². The Kier molecular flexibility index (Phi) is 2.66. The SMILES string of the molecule is NC(=O)CCCc1ccn[nH]1. The molecule has 3 N–H and O–H groups in total. The largest absolute Gasteiger partial charge is 0.370 e. The molecule has 1 aromatic rings. The van der Waals surface area contributed by atoms with Crippen LogP contribution >= 0.6 is 0 Å². The van der Waals surface area contributed by atoms with Gasteiger partial charge in [-0.1, -0.05) is 0 Å². The first-order chi connectivity index (χ1) is 5.29. The molecule has 0 atom stereocenters. The van der Waals surface area contributed by atoms with Crippen LogP contribution in [0.4, 0.5) is 0 Å². The second-order valence-corrected chi connectivity index (χ2v) is 2.40.